The molecule has 0 saturated carbocycles. The second-order valence-corrected chi connectivity index (χ2v) is 12.7. The molecular formula is C33H29BrCl2N2O7S. The zero-order valence-electron chi connectivity index (χ0n) is 25.5. The van der Waals surface area contributed by atoms with Crippen LogP contribution >= 0.6 is 50.5 Å². The van der Waals surface area contributed by atoms with E-state index in [1.807, 2.05) is 6.07 Å². The quantitative estimate of drug-likeness (QED) is 0.172. The normalized spacial score (nSPS) is 14.4. The second-order valence-electron chi connectivity index (χ2n) is 9.98. The number of halogens is 3. The first kappa shape index (κ1) is 33.6. The summed E-state index contributed by atoms with van der Waals surface area (Å²) in [5, 5.41) is 1.02. The SMILES string of the molecule is CCOC(=O)C1=C(C)N=c2s/c(=C\c3cc(Br)c(OCc4ccc(Cl)cc4Cl)c(OC)c3)c(=O)n2[C@@H]1c1ccc(OC)c(OC)c1. The number of ether oxygens (including phenoxy) is 5. The number of thiazole rings is 1. The highest BCUT2D eigenvalue weighted by atomic mass is 79.9. The predicted molar refractivity (Wildman–Crippen MR) is 181 cm³/mol. The molecule has 0 aliphatic carbocycles. The molecule has 0 unspecified atom stereocenters. The number of allylic oxidation sites excluding steroid dienone is 1. The summed E-state index contributed by atoms with van der Waals surface area (Å²) < 4.78 is 30.6. The van der Waals surface area contributed by atoms with Crippen LogP contribution in [0.25, 0.3) is 6.08 Å². The van der Waals surface area contributed by atoms with E-state index in [9.17, 15) is 9.59 Å². The number of methoxy groups -OCH3 is 3. The van der Waals surface area contributed by atoms with Crippen molar-refractivity contribution >= 4 is 62.5 Å². The maximum Gasteiger partial charge on any atom is 0.338 e. The highest BCUT2D eigenvalue weighted by Gasteiger charge is 2.34. The van der Waals surface area contributed by atoms with Crippen molar-refractivity contribution in [1.82, 2.24) is 4.57 Å². The second kappa shape index (κ2) is 14.3. The molecule has 3 aromatic carbocycles. The Bertz CT molecular complexity index is 2040. The van der Waals surface area contributed by atoms with Crippen LogP contribution in [0.4, 0.5) is 0 Å². The van der Waals surface area contributed by atoms with Gasteiger partial charge in [0.1, 0.15) is 6.61 Å². The third-order valence-electron chi connectivity index (χ3n) is 7.18. The average molecular weight is 748 g/mol. The molecule has 2 heterocycles. The van der Waals surface area contributed by atoms with Gasteiger partial charge in [-0.2, -0.15) is 0 Å². The maximum atomic E-state index is 14.1. The Morgan fingerprint density at radius 1 is 1.02 bits per heavy atom. The molecule has 4 aromatic rings. The molecule has 13 heteroatoms. The zero-order valence-corrected chi connectivity index (χ0v) is 29.4. The lowest BCUT2D eigenvalue weighted by Crippen LogP contribution is -2.40. The van der Waals surface area contributed by atoms with Gasteiger partial charge in [0, 0.05) is 15.6 Å². The van der Waals surface area contributed by atoms with Gasteiger partial charge in [0.2, 0.25) is 0 Å². The molecular weight excluding hydrogens is 719 g/mol. The van der Waals surface area contributed by atoms with Gasteiger partial charge in [-0.1, -0.05) is 46.7 Å². The summed E-state index contributed by atoms with van der Waals surface area (Å²) in [6.45, 7) is 3.81. The van der Waals surface area contributed by atoms with Gasteiger partial charge < -0.3 is 23.7 Å². The third-order valence-corrected chi connectivity index (χ3v) is 9.34. The van der Waals surface area contributed by atoms with Crippen molar-refractivity contribution < 1.29 is 28.5 Å². The van der Waals surface area contributed by atoms with Crippen molar-refractivity contribution in [3.05, 3.63) is 111 Å². The van der Waals surface area contributed by atoms with E-state index in [0.717, 1.165) is 5.56 Å². The van der Waals surface area contributed by atoms with E-state index in [-0.39, 0.29) is 24.3 Å². The summed E-state index contributed by atoms with van der Waals surface area (Å²) in [5.41, 5.74) is 2.46. The Labute approximate surface area is 287 Å². The van der Waals surface area contributed by atoms with Crippen molar-refractivity contribution in [1.29, 1.82) is 0 Å². The molecule has 0 bridgehead atoms. The van der Waals surface area contributed by atoms with Crippen LogP contribution in [-0.4, -0.2) is 38.5 Å². The van der Waals surface area contributed by atoms with Gasteiger partial charge in [0.15, 0.2) is 27.8 Å². The molecule has 1 aliphatic rings. The fraction of sp³-hybridized carbons (Fsp3) is 0.242. The van der Waals surface area contributed by atoms with Crippen LogP contribution in [0.5, 0.6) is 23.0 Å². The number of benzene rings is 3. The standard InChI is InChI=1S/C33H29BrCl2N2O7S/c1-6-44-32(40)28-17(2)37-33-38(29(28)19-8-10-24(41-3)25(14-19)42-4)31(39)27(46-33)13-18-11-22(34)30(26(12-18)43-5)45-16-20-7-9-21(35)15-23(20)36/h7-15,29H,6,16H2,1-5H3/b27-13-/t29-/m1/s1. The third kappa shape index (κ3) is 6.69. The van der Waals surface area contributed by atoms with E-state index < -0.39 is 12.0 Å². The summed E-state index contributed by atoms with van der Waals surface area (Å²) >= 11 is 17.1. The van der Waals surface area contributed by atoms with E-state index in [1.54, 1.807) is 62.4 Å². The molecule has 46 heavy (non-hydrogen) atoms. The van der Waals surface area contributed by atoms with Crippen molar-refractivity contribution in [2.75, 3.05) is 27.9 Å². The molecule has 0 amide bonds. The minimum Gasteiger partial charge on any atom is -0.493 e. The lowest BCUT2D eigenvalue weighted by atomic mass is 9.95. The number of esters is 1. The first-order valence-electron chi connectivity index (χ1n) is 14.0. The minimum atomic E-state index is -0.811. The van der Waals surface area contributed by atoms with Gasteiger partial charge in [-0.25, -0.2) is 9.79 Å². The van der Waals surface area contributed by atoms with Crippen LogP contribution in [0.15, 0.2) is 74.1 Å². The molecule has 0 fully saturated rings. The van der Waals surface area contributed by atoms with Crippen LogP contribution in [0.2, 0.25) is 10.0 Å². The van der Waals surface area contributed by atoms with E-state index in [0.29, 0.717) is 63.7 Å². The number of aromatic nitrogens is 1. The number of carbonyl (C=O) groups is 1. The molecule has 0 N–H and O–H groups in total. The van der Waals surface area contributed by atoms with Crippen LogP contribution < -0.4 is 33.8 Å². The van der Waals surface area contributed by atoms with Gasteiger partial charge in [-0.3, -0.25) is 9.36 Å². The number of hydrogen-bond donors (Lipinski definition) is 0. The van der Waals surface area contributed by atoms with E-state index in [4.69, 9.17) is 46.9 Å². The van der Waals surface area contributed by atoms with Crippen molar-refractivity contribution in [3.8, 4) is 23.0 Å². The Morgan fingerprint density at radius 2 is 1.76 bits per heavy atom. The smallest absolute Gasteiger partial charge is 0.338 e. The van der Waals surface area contributed by atoms with Gasteiger partial charge in [0.05, 0.1) is 54.3 Å². The molecule has 1 aliphatic heterocycles. The van der Waals surface area contributed by atoms with E-state index in [1.165, 1.54) is 37.2 Å². The first-order valence-corrected chi connectivity index (χ1v) is 16.3. The van der Waals surface area contributed by atoms with Crippen LogP contribution in [0.3, 0.4) is 0 Å². The number of carbonyl (C=O) groups excluding carboxylic acids is 1. The molecule has 240 valence electrons. The van der Waals surface area contributed by atoms with E-state index >= 15 is 0 Å². The Kier molecular flexibility index (Phi) is 10.5. The summed E-state index contributed by atoms with van der Waals surface area (Å²) in [6.07, 6.45) is 1.74. The zero-order chi connectivity index (χ0) is 33.1. The summed E-state index contributed by atoms with van der Waals surface area (Å²) in [7, 11) is 4.59. The molecule has 0 saturated heterocycles. The van der Waals surface area contributed by atoms with E-state index in [2.05, 4.69) is 20.9 Å². The van der Waals surface area contributed by atoms with Crippen LogP contribution in [-0.2, 0) is 16.1 Å². The monoisotopic (exact) mass is 746 g/mol. The number of hydrogen-bond acceptors (Lipinski definition) is 9. The van der Waals surface area contributed by atoms with Crippen molar-refractivity contribution in [2.45, 2.75) is 26.5 Å². The van der Waals surface area contributed by atoms with Gasteiger partial charge in [-0.05, 0) is 83.4 Å². The Hall–Kier alpha value is -3.77. The summed E-state index contributed by atoms with van der Waals surface area (Å²) in [4.78, 5) is 32.4. The number of rotatable bonds is 10. The molecule has 5 rings (SSSR count). The maximum absolute atomic E-state index is 14.1. The fourth-order valence-corrected chi connectivity index (χ4v) is 7.12. The van der Waals surface area contributed by atoms with Crippen molar-refractivity contribution in [3.63, 3.8) is 0 Å². The van der Waals surface area contributed by atoms with Gasteiger partial charge >= 0.3 is 5.97 Å². The highest BCUT2D eigenvalue weighted by molar-refractivity contribution is 9.10. The summed E-state index contributed by atoms with van der Waals surface area (Å²) in [5.74, 6) is 1.33. The van der Waals surface area contributed by atoms with Crippen molar-refractivity contribution in [2.24, 2.45) is 4.99 Å². The lowest BCUT2D eigenvalue weighted by Gasteiger charge is -2.25. The molecule has 1 aromatic heterocycles. The van der Waals surface area contributed by atoms with Crippen LogP contribution in [0, 0.1) is 0 Å². The molecule has 0 spiro atoms. The van der Waals surface area contributed by atoms with Crippen LogP contribution in [0.1, 0.15) is 36.6 Å². The largest absolute Gasteiger partial charge is 0.493 e. The molecule has 0 radical (unpaired) electrons. The summed E-state index contributed by atoms with van der Waals surface area (Å²) in [6, 6.07) is 13.2. The fourth-order valence-electron chi connectivity index (χ4n) is 5.03. The first-order chi connectivity index (χ1) is 22.1. The van der Waals surface area contributed by atoms with Gasteiger partial charge in [-0.15, -0.1) is 0 Å². The Morgan fingerprint density at radius 3 is 2.43 bits per heavy atom. The van der Waals surface area contributed by atoms with Gasteiger partial charge in [0.25, 0.3) is 5.56 Å². The lowest BCUT2D eigenvalue weighted by molar-refractivity contribution is -0.139. The number of fused-ring (bicyclic) bond motifs is 1. The topological polar surface area (TPSA) is 97.6 Å². The number of nitrogens with zero attached hydrogens (tertiary/aromatic N) is 2. The predicted octanol–water partition coefficient (Wildman–Crippen LogP) is 6.47. The Balaban J connectivity index is 1.59. The molecule has 9 nitrogen and oxygen atoms in total. The average Bonchev–Trinajstić information content (AvgIpc) is 3.33. The molecule has 1 atom stereocenters. The minimum absolute atomic E-state index is 0.168. The highest BCUT2D eigenvalue weighted by Crippen LogP contribution is 2.39.